The standard InChI is InChI=1S/C24H38N4O3/c1-3-25-24(26-17-19-8-7-11-22(16-19)31-15-14-30-2)27-21-12-13-28(18-21)23(29)20-9-5-4-6-10-20/h7-8,11,16,20-21H,3-6,9-10,12-15,17-18H2,1-2H3,(H2,25,26,27). The first kappa shape index (κ1) is 23.4. The summed E-state index contributed by atoms with van der Waals surface area (Å²) in [7, 11) is 1.67. The summed E-state index contributed by atoms with van der Waals surface area (Å²) in [5.74, 6) is 2.23. The molecule has 1 aliphatic heterocycles. The number of amides is 1. The minimum atomic E-state index is 0.243. The number of benzene rings is 1. The lowest BCUT2D eigenvalue weighted by Crippen LogP contribution is -2.45. The number of aliphatic imine (C=N–C) groups is 1. The van der Waals surface area contributed by atoms with Gasteiger partial charge < -0.3 is 25.0 Å². The number of hydrogen-bond donors (Lipinski definition) is 2. The van der Waals surface area contributed by atoms with Crippen LogP contribution in [-0.2, 0) is 16.1 Å². The van der Waals surface area contributed by atoms with Crippen LogP contribution >= 0.6 is 0 Å². The van der Waals surface area contributed by atoms with E-state index in [9.17, 15) is 4.79 Å². The van der Waals surface area contributed by atoms with Crippen molar-refractivity contribution in [3.05, 3.63) is 29.8 Å². The monoisotopic (exact) mass is 430 g/mol. The second kappa shape index (κ2) is 12.5. The average molecular weight is 431 g/mol. The van der Waals surface area contributed by atoms with Gasteiger partial charge in [-0.3, -0.25) is 4.79 Å². The summed E-state index contributed by atoms with van der Waals surface area (Å²) >= 11 is 0. The van der Waals surface area contributed by atoms with Gasteiger partial charge in [0, 0.05) is 38.7 Å². The Bertz CT molecular complexity index is 719. The molecule has 1 saturated carbocycles. The van der Waals surface area contributed by atoms with Crippen molar-refractivity contribution in [2.45, 2.75) is 58.0 Å². The van der Waals surface area contributed by atoms with Crippen molar-refractivity contribution in [2.24, 2.45) is 10.9 Å². The molecule has 2 aliphatic rings. The quantitative estimate of drug-likeness (QED) is 0.358. The lowest BCUT2D eigenvalue weighted by Gasteiger charge is -2.26. The van der Waals surface area contributed by atoms with Crippen molar-refractivity contribution in [2.75, 3.05) is 40.0 Å². The fourth-order valence-corrected chi connectivity index (χ4v) is 4.35. The molecule has 1 unspecified atom stereocenters. The minimum absolute atomic E-state index is 0.243. The smallest absolute Gasteiger partial charge is 0.225 e. The number of guanidine groups is 1. The van der Waals surface area contributed by atoms with Crippen LogP contribution in [0.4, 0.5) is 0 Å². The number of nitrogens with one attached hydrogen (secondary N) is 2. The van der Waals surface area contributed by atoms with E-state index in [1.54, 1.807) is 7.11 Å². The van der Waals surface area contributed by atoms with Gasteiger partial charge in [-0.25, -0.2) is 4.99 Å². The molecular formula is C24H38N4O3. The van der Waals surface area contributed by atoms with Crippen LogP contribution in [0.25, 0.3) is 0 Å². The molecule has 31 heavy (non-hydrogen) atoms. The van der Waals surface area contributed by atoms with Gasteiger partial charge >= 0.3 is 0 Å². The average Bonchev–Trinajstić information content (AvgIpc) is 3.27. The Morgan fingerprint density at radius 1 is 1.19 bits per heavy atom. The topological polar surface area (TPSA) is 75.2 Å². The molecule has 1 heterocycles. The van der Waals surface area contributed by atoms with Crippen molar-refractivity contribution in [3.8, 4) is 5.75 Å². The van der Waals surface area contributed by atoms with Crippen LogP contribution in [0.3, 0.4) is 0 Å². The molecular weight excluding hydrogens is 392 g/mol. The van der Waals surface area contributed by atoms with Gasteiger partial charge in [-0.2, -0.15) is 0 Å². The summed E-state index contributed by atoms with van der Waals surface area (Å²) in [6.45, 7) is 6.13. The van der Waals surface area contributed by atoms with Crippen molar-refractivity contribution in [3.63, 3.8) is 0 Å². The Kier molecular flexibility index (Phi) is 9.46. The highest BCUT2D eigenvalue weighted by atomic mass is 16.5. The van der Waals surface area contributed by atoms with Crippen molar-refractivity contribution < 1.29 is 14.3 Å². The van der Waals surface area contributed by atoms with Crippen LogP contribution in [0.5, 0.6) is 5.75 Å². The predicted octanol–water partition coefficient (Wildman–Crippen LogP) is 2.95. The SMILES string of the molecule is CCNC(=NCc1cccc(OCCOC)c1)NC1CCN(C(=O)C2CCCCC2)C1. The number of likely N-dealkylation sites (tertiary alicyclic amines) is 1. The lowest BCUT2D eigenvalue weighted by atomic mass is 9.88. The fraction of sp³-hybridized carbons (Fsp3) is 0.667. The van der Waals surface area contributed by atoms with Crippen LogP contribution < -0.4 is 15.4 Å². The highest BCUT2D eigenvalue weighted by Crippen LogP contribution is 2.26. The van der Waals surface area contributed by atoms with Crippen molar-refractivity contribution in [1.82, 2.24) is 15.5 Å². The van der Waals surface area contributed by atoms with E-state index in [1.165, 1.54) is 19.3 Å². The number of methoxy groups -OCH3 is 1. The fourth-order valence-electron chi connectivity index (χ4n) is 4.35. The summed E-state index contributed by atoms with van der Waals surface area (Å²) in [5.41, 5.74) is 1.09. The normalized spacial score (nSPS) is 20.0. The van der Waals surface area contributed by atoms with E-state index in [0.717, 1.165) is 56.2 Å². The number of nitrogens with zero attached hydrogens (tertiary/aromatic N) is 2. The Morgan fingerprint density at radius 3 is 2.81 bits per heavy atom. The van der Waals surface area contributed by atoms with Gasteiger partial charge in [0.2, 0.25) is 5.91 Å². The molecule has 2 N–H and O–H groups in total. The maximum atomic E-state index is 12.8. The van der Waals surface area contributed by atoms with E-state index in [1.807, 2.05) is 18.2 Å². The molecule has 1 saturated heterocycles. The van der Waals surface area contributed by atoms with Gasteiger partial charge in [-0.05, 0) is 43.9 Å². The first-order valence-corrected chi connectivity index (χ1v) is 11.7. The van der Waals surface area contributed by atoms with Gasteiger partial charge in [-0.15, -0.1) is 0 Å². The largest absolute Gasteiger partial charge is 0.491 e. The zero-order chi connectivity index (χ0) is 21.9. The third-order valence-corrected chi connectivity index (χ3v) is 6.01. The van der Waals surface area contributed by atoms with Gasteiger partial charge in [-0.1, -0.05) is 31.4 Å². The van der Waals surface area contributed by atoms with Crippen molar-refractivity contribution in [1.29, 1.82) is 0 Å². The zero-order valence-corrected chi connectivity index (χ0v) is 19.1. The molecule has 0 radical (unpaired) electrons. The van der Waals surface area contributed by atoms with E-state index in [4.69, 9.17) is 14.5 Å². The van der Waals surface area contributed by atoms with Crippen molar-refractivity contribution >= 4 is 11.9 Å². The van der Waals surface area contributed by atoms with Gasteiger partial charge in [0.05, 0.1) is 13.2 Å². The molecule has 3 rings (SSSR count). The third kappa shape index (κ3) is 7.42. The molecule has 1 atom stereocenters. The van der Waals surface area contributed by atoms with Crippen LogP contribution in [0.1, 0.15) is 51.0 Å². The summed E-state index contributed by atoms with van der Waals surface area (Å²) in [5, 5.41) is 6.86. The minimum Gasteiger partial charge on any atom is -0.491 e. The molecule has 2 fully saturated rings. The number of ether oxygens (including phenoxy) is 2. The van der Waals surface area contributed by atoms with Crippen LogP contribution in [0, 0.1) is 5.92 Å². The summed E-state index contributed by atoms with van der Waals surface area (Å²) in [4.78, 5) is 19.6. The van der Waals surface area contributed by atoms with E-state index >= 15 is 0 Å². The van der Waals surface area contributed by atoms with Gasteiger partial charge in [0.25, 0.3) is 0 Å². The zero-order valence-electron chi connectivity index (χ0n) is 19.1. The third-order valence-electron chi connectivity index (χ3n) is 6.01. The van der Waals surface area contributed by atoms with Gasteiger partial charge in [0.15, 0.2) is 5.96 Å². The molecule has 1 aliphatic carbocycles. The van der Waals surface area contributed by atoms with Crippen LogP contribution in [0.15, 0.2) is 29.3 Å². The maximum Gasteiger partial charge on any atom is 0.225 e. The molecule has 172 valence electrons. The lowest BCUT2D eigenvalue weighted by molar-refractivity contribution is -0.135. The summed E-state index contributed by atoms with van der Waals surface area (Å²) < 4.78 is 10.7. The number of hydrogen-bond acceptors (Lipinski definition) is 4. The number of rotatable bonds is 9. The highest BCUT2D eigenvalue weighted by Gasteiger charge is 2.31. The Balaban J connectivity index is 1.52. The van der Waals surface area contributed by atoms with E-state index in [2.05, 4.69) is 28.5 Å². The maximum absolute atomic E-state index is 12.8. The second-order valence-electron chi connectivity index (χ2n) is 8.43. The molecule has 0 spiro atoms. The first-order valence-electron chi connectivity index (χ1n) is 11.7. The molecule has 7 nitrogen and oxygen atoms in total. The summed E-state index contributed by atoms with van der Waals surface area (Å²) in [6.07, 6.45) is 6.76. The van der Waals surface area contributed by atoms with Crippen LogP contribution in [0.2, 0.25) is 0 Å². The molecule has 0 bridgehead atoms. The number of carbonyl (C=O) groups excluding carboxylic acids is 1. The summed E-state index contributed by atoms with van der Waals surface area (Å²) in [6, 6.07) is 8.25. The number of carbonyl (C=O) groups is 1. The second-order valence-corrected chi connectivity index (χ2v) is 8.43. The van der Waals surface area contributed by atoms with E-state index in [-0.39, 0.29) is 12.0 Å². The Hall–Kier alpha value is -2.28. The van der Waals surface area contributed by atoms with Gasteiger partial charge in [0.1, 0.15) is 12.4 Å². The predicted molar refractivity (Wildman–Crippen MR) is 123 cm³/mol. The highest BCUT2D eigenvalue weighted by molar-refractivity contribution is 5.81. The molecule has 1 aromatic rings. The van der Waals surface area contributed by atoms with E-state index < -0.39 is 0 Å². The van der Waals surface area contributed by atoms with E-state index in [0.29, 0.717) is 25.7 Å². The van der Waals surface area contributed by atoms with Crippen LogP contribution in [-0.4, -0.2) is 62.8 Å². The Morgan fingerprint density at radius 2 is 2.03 bits per heavy atom. The first-order chi connectivity index (χ1) is 15.2. The molecule has 1 amide bonds. The Labute approximate surface area is 186 Å². The molecule has 0 aromatic heterocycles. The molecule has 1 aromatic carbocycles. The molecule has 7 heteroatoms.